The molecule has 1 rings (SSSR count). The lowest BCUT2D eigenvalue weighted by molar-refractivity contribution is -0.385. The van der Waals surface area contributed by atoms with Gasteiger partial charge in [-0.05, 0) is 12.5 Å². The topological polar surface area (TPSA) is 118 Å². The van der Waals surface area contributed by atoms with Crippen molar-refractivity contribution in [3.05, 3.63) is 39.9 Å². The number of rotatable bonds is 2. The minimum Gasteiger partial charge on any atom is -0.389 e. The van der Waals surface area contributed by atoms with Crippen LogP contribution in [0.15, 0.2) is 24.3 Å². The molecule has 0 amide bonds. The number of nitro groups is 1. The van der Waals surface area contributed by atoms with E-state index in [1.54, 1.807) is 19.1 Å². The van der Waals surface area contributed by atoms with E-state index in [-0.39, 0.29) is 5.69 Å². The fourth-order valence-electron chi connectivity index (χ4n) is 0.898. The second kappa shape index (κ2) is 6.28. The summed E-state index contributed by atoms with van der Waals surface area (Å²) in [7, 11) is -3.67. The second-order valence-electron chi connectivity index (χ2n) is 3.26. The van der Waals surface area contributed by atoms with Gasteiger partial charge in [-0.25, -0.2) is 0 Å². The highest BCUT2D eigenvalue weighted by Gasteiger charge is 2.07. The SMILES string of the molecule is CC(O)c1cccc([N+](=O)[O-])c1.CS(=O)(=O)O. The van der Waals surface area contributed by atoms with Crippen molar-refractivity contribution >= 4 is 15.8 Å². The Labute approximate surface area is 98.6 Å². The van der Waals surface area contributed by atoms with Gasteiger partial charge in [-0.15, -0.1) is 0 Å². The highest BCUT2D eigenvalue weighted by atomic mass is 32.2. The monoisotopic (exact) mass is 263 g/mol. The highest BCUT2D eigenvalue weighted by molar-refractivity contribution is 7.85. The zero-order valence-electron chi connectivity index (χ0n) is 9.27. The number of benzene rings is 1. The Morgan fingerprint density at radius 3 is 2.24 bits per heavy atom. The zero-order valence-corrected chi connectivity index (χ0v) is 10.1. The molecule has 8 heteroatoms. The van der Waals surface area contributed by atoms with Crippen molar-refractivity contribution in [1.29, 1.82) is 0 Å². The molecule has 0 bridgehead atoms. The van der Waals surface area contributed by atoms with Gasteiger partial charge in [-0.3, -0.25) is 14.7 Å². The molecular formula is C9H13NO6S. The number of nitrogens with zero attached hydrogens (tertiary/aromatic N) is 1. The van der Waals surface area contributed by atoms with Crippen molar-refractivity contribution in [3.8, 4) is 0 Å². The molecule has 1 aromatic rings. The summed E-state index contributed by atoms with van der Waals surface area (Å²) in [5, 5.41) is 19.4. The van der Waals surface area contributed by atoms with E-state index in [1.807, 2.05) is 0 Å². The van der Waals surface area contributed by atoms with Crippen LogP contribution in [0.2, 0.25) is 0 Å². The quantitative estimate of drug-likeness (QED) is 0.469. The third-order valence-corrected chi connectivity index (χ3v) is 1.56. The Balaban J connectivity index is 0.000000437. The van der Waals surface area contributed by atoms with Crippen LogP contribution in [0.5, 0.6) is 0 Å². The van der Waals surface area contributed by atoms with Gasteiger partial charge < -0.3 is 5.11 Å². The van der Waals surface area contributed by atoms with Gasteiger partial charge in [-0.2, -0.15) is 8.42 Å². The average Bonchev–Trinajstić information content (AvgIpc) is 2.15. The Morgan fingerprint density at radius 2 is 1.88 bits per heavy atom. The number of hydrogen-bond donors (Lipinski definition) is 2. The molecule has 96 valence electrons. The molecular weight excluding hydrogens is 250 g/mol. The summed E-state index contributed by atoms with van der Waals surface area (Å²) in [5.41, 5.74) is 0.567. The molecule has 0 aliphatic carbocycles. The second-order valence-corrected chi connectivity index (χ2v) is 4.73. The summed E-state index contributed by atoms with van der Waals surface area (Å²) >= 11 is 0. The van der Waals surface area contributed by atoms with Gasteiger partial charge in [0.15, 0.2) is 0 Å². The molecule has 0 fully saturated rings. The van der Waals surface area contributed by atoms with Crippen LogP contribution < -0.4 is 0 Å². The van der Waals surface area contributed by atoms with Gasteiger partial charge in [0.25, 0.3) is 15.8 Å². The van der Waals surface area contributed by atoms with E-state index in [0.717, 1.165) is 0 Å². The number of nitro benzene ring substituents is 1. The van der Waals surface area contributed by atoms with Crippen LogP contribution in [-0.2, 0) is 10.1 Å². The van der Waals surface area contributed by atoms with Crippen LogP contribution in [0.3, 0.4) is 0 Å². The lowest BCUT2D eigenvalue weighted by Gasteiger charge is -2.02. The Morgan fingerprint density at radius 1 is 1.41 bits per heavy atom. The van der Waals surface area contributed by atoms with Crippen molar-refractivity contribution in [2.75, 3.05) is 6.26 Å². The lowest BCUT2D eigenvalue weighted by atomic mass is 10.1. The summed E-state index contributed by atoms with van der Waals surface area (Å²) in [5.74, 6) is 0. The zero-order chi connectivity index (χ0) is 13.6. The van der Waals surface area contributed by atoms with E-state index in [9.17, 15) is 18.5 Å². The molecule has 0 radical (unpaired) electrons. The van der Waals surface area contributed by atoms with Crippen LogP contribution >= 0.6 is 0 Å². The first-order chi connectivity index (χ1) is 7.61. The van der Waals surface area contributed by atoms with Gasteiger partial charge in [0.1, 0.15) is 0 Å². The smallest absolute Gasteiger partial charge is 0.269 e. The van der Waals surface area contributed by atoms with Crippen LogP contribution in [0.1, 0.15) is 18.6 Å². The standard InChI is InChI=1S/C8H9NO3.CH4O3S/c1-6(10)7-3-2-4-8(5-7)9(11)12;1-5(2,3)4/h2-6,10H,1H3;1H3,(H,2,3,4). The van der Waals surface area contributed by atoms with Crippen molar-refractivity contribution in [1.82, 2.24) is 0 Å². The predicted octanol–water partition coefficient (Wildman–Crippen LogP) is 1.15. The van der Waals surface area contributed by atoms with Crippen molar-refractivity contribution in [3.63, 3.8) is 0 Å². The van der Waals surface area contributed by atoms with Crippen LogP contribution in [0.4, 0.5) is 5.69 Å². The number of aliphatic hydroxyl groups excluding tert-OH is 1. The molecule has 0 saturated carbocycles. The minimum atomic E-state index is -3.67. The number of aliphatic hydroxyl groups is 1. The van der Waals surface area contributed by atoms with Crippen LogP contribution in [0, 0.1) is 10.1 Å². The minimum absolute atomic E-state index is 0.00778. The first-order valence-corrected chi connectivity index (χ1v) is 6.31. The first kappa shape index (κ1) is 15.5. The average molecular weight is 263 g/mol. The maximum Gasteiger partial charge on any atom is 0.269 e. The molecule has 0 saturated heterocycles. The third-order valence-electron chi connectivity index (χ3n) is 1.56. The lowest BCUT2D eigenvalue weighted by Crippen LogP contribution is -1.93. The molecule has 1 aromatic carbocycles. The highest BCUT2D eigenvalue weighted by Crippen LogP contribution is 2.18. The molecule has 1 atom stereocenters. The van der Waals surface area contributed by atoms with Gasteiger partial charge in [-0.1, -0.05) is 12.1 Å². The first-order valence-electron chi connectivity index (χ1n) is 4.46. The molecule has 0 aliphatic rings. The van der Waals surface area contributed by atoms with Gasteiger partial charge in [0.05, 0.1) is 17.3 Å². The molecule has 0 aliphatic heterocycles. The Bertz CT molecular complexity index is 474. The van der Waals surface area contributed by atoms with E-state index in [2.05, 4.69) is 0 Å². The molecule has 0 heterocycles. The number of hydrogen-bond acceptors (Lipinski definition) is 5. The third kappa shape index (κ3) is 8.31. The van der Waals surface area contributed by atoms with E-state index in [0.29, 0.717) is 11.8 Å². The summed E-state index contributed by atoms with van der Waals surface area (Å²) in [6.45, 7) is 1.57. The molecule has 0 aromatic heterocycles. The van der Waals surface area contributed by atoms with Gasteiger partial charge in [0.2, 0.25) is 0 Å². The summed E-state index contributed by atoms with van der Waals surface area (Å²) in [4.78, 5) is 9.82. The maximum absolute atomic E-state index is 10.3. The largest absolute Gasteiger partial charge is 0.389 e. The molecule has 7 nitrogen and oxygen atoms in total. The van der Waals surface area contributed by atoms with Crippen LogP contribution in [0.25, 0.3) is 0 Å². The van der Waals surface area contributed by atoms with Crippen LogP contribution in [-0.4, -0.2) is 29.3 Å². The summed E-state index contributed by atoms with van der Waals surface area (Å²) < 4.78 is 25.9. The van der Waals surface area contributed by atoms with Crippen molar-refractivity contribution in [2.24, 2.45) is 0 Å². The van der Waals surface area contributed by atoms with Crippen molar-refractivity contribution < 1.29 is 23.0 Å². The van der Waals surface area contributed by atoms with E-state index in [1.165, 1.54) is 12.1 Å². The summed E-state index contributed by atoms with van der Waals surface area (Å²) in [6, 6.07) is 5.97. The fraction of sp³-hybridized carbons (Fsp3) is 0.333. The molecule has 2 N–H and O–H groups in total. The summed E-state index contributed by atoms with van der Waals surface area (Å²) in [6.07, 6.45) is 0.0531. The van der Waals surface area contributed by atoms with E-state index < -0.39 is 21.1 Å². The molecule has 0 spiro atoms. The Kier molecular flexibility index (Phi) is 5.72. The normalized spacial score (nSPS) is 12.2. The Hall–Kier alpha value is -1.51. The van der Waals surface area contributed by atoms with Crippen molar-refractivity contribution in [2.45, 2.75) is 13.0 Å². The maximum atomic E-state index is 10.3. The predicted molar refractivity (Wildman–Crippen MR) is 61.2 cm³/mol. The molecule has 1 unspecified atom stereocenters. The van der Waals surface area contributed by atoms with Gasteiger partial charge in [0, 0.05) is 12.1 Å². The van der Waals surface area contributed by atoms with E-state index in [4.69, 9.17) is 9.66 Å². The fourth-order valence-corrected chi connectivity index (χ4v) is 0.898. The van der Waals surface area contributed by atoms with Gasteiger partial charge >= 0.3 is 0 Å². The molecule has 17 heavy (non-hydrogen) atoms. The van der Waals surface area contributed by atoms with E-state index >= 15 is 0 Å². The number of non-ortho nitro benzene ring substituents is 1.